The van der Waals surface area contributed by atoms with E-state index in [1.54, 1.807) is 6.20 Å². The van der Waals surface area contributed by atoms with Crippen LogP contribution in [0.1, 0.15) is 27.2 Å². The van der Waals surface area contributed by atoms with Crippen molar-refractivity contribution in [1.82, 2.24) is 20.2 Å². The number of benzene rings is 1. The standard InChI is InChI=1S/C27H32N6O2/c28-26(34)24-18-25(31-27(24)33-11-9-29-10-12-33)22-7-8-30-23(17-22)6-5-20-1-3-21(4-2-20)19-32-13-15-35-16-14-32/h1-8,17-18,29,31H,9-16,19H2,(H2,28,34). The van der Waals surface area contributed by atoms with Gasteiger partial charge in [-0.1, -0.05) is 30.3 Å². The number of anilines is 1. The lowest BCUT2D eigenvalue weighted by molar-refractivity contribution is 0.0342. The molecule has 2 aliphatic rings. The first-order chi connectivity index (χ1) is 17.2. The molecule has 3 aromatic rings. The number of primary amides is 1. The minimum absolute atomic E-state index is 0.424. The highest BCUT2D eigenvalue weighted by Gasteiger charge is 2.21. The van der Waals surface area contributed by atoms with Gasteiger partial charge in [0.05, 0.1) is 24.5 Å². The Kier molecular flexibility index (Phi) is 7.23. The Balaban J connectivity index is 1.29. The van der Waals surface area contributed by atoms with Crippen molar-refractivity contribution in [2.24, 2.45) is 5.73 Å². The van der Waals surface area contributed by atoms with E-state index in [2.05, 4.69) is 55.4 Å². The quantitative estimate of drug-likeness (QED) is 0.489. The number of hydrogen-bond acceptors (Lipinski definition) is 6. The number of pyridine rings is 1. The Bertz CT molecular complexity index is 1170. The van der Waals surface area contributed by atoms with Gasteiger partial charge in [0.15, 0.2) is 0 Å². The van der Waals surface area contributed by atoms with Gasteiger partial charge >= 0.3 is 0 Å². The molecule has 0 unspecified atom stereocenters. The summed E-state index contributed by atoms with van der Waals surface area (Å²) in [5.74, 6) is 0.368. The number of H-pyrrole nitrogens is 1. The third-order valence-corrected chi connectivity index (χ3v) is 6.52. The number of nitrogens with zero attached hydrogens (tertiary/aromatic N) is 3. The molecule has 2 saturated heterocycles. The number of piperazine rings is 1. The molecular weight excluding hydrogens is 440 g/mol. The number of nitrogens with one attached hydrogen (secondary N) is 2. The zero-order chi connectivity index (χ0) is 24.0. The van der Waals surface area contributed by atoms with Crippen LogP contribution < -0.4 is 16.0 Å². The number of carbonyl (C=O) groups is 1. The Labute approximate surface area is 205 Å². The molecule has 5 rings (SSSR count). The van der Waals surface area contributed by atoms with E-state index in [0.717, 1.165) is 87.4 Å². The van der Waals surface area contributed by atoms with Gasteiger partial charge in [0, 0.05) is 63.3 Å². The van der Waals surface area contributed by atoms with Gasteiger partial charge < -0.3 is 25.7 Å². The molecule has 0 spiro atoms. The van der Waals surface area contributed by atoms with Crippen LogP contribution in [-0.4, -0.2) is 73.3 Å². The van der Waals surface area contributed by atoms with Crippen LogP contribution in [0.2, 0.25) is 0 Å². The van der Waals surface area contributed by atoms with E-state index in [1.807, 2.05) is 24.3 Å². The van der Waals surface area contributed by atoms with Gasteiger partial charge in [-0.3, -0.25) is 14.7 Å². The minimum Gasteiger partial charge on any atom is -0.379 e. The molecule has 8 heteroatoms. The lowest BCUT2D eigenvalue weighted by Crippen LogP contribution is -2.44. The van der Waals surface area contributed by atoms with Gasteiger partial charge in [0.1, 0.15) is 5.82 Å². The fraction of sp³-hybridized carbons (Fsp3) is 0.333. The van der Waals surface area contributed by atoms with Crippen molar-refractivity contribution in [2.45, 2.75) is 6.54 Å². The largest absolute Gasteiger partial charge is 0.379 e. The van der Waals surface area contributed by atoms with Crippen molar-refractivity contribution < 1.29 is 9.53 Å². The third-order valence-electron chi connectivity index (χ3n) is 6.52. The predicted molar refractivity (Wildman–Crippen MR) is 139 cm³/mol. The van der Waals surface area contributed by atoms with Crippen LogP contribution in [0.15, 0.2) is 48.7 Å². The van der Waals surface area contributed by atoms with E-state index in [9.17, 15) is 4.79 Å². The van der Waals surface area contributed by atoms with Crippen LogP contribution in [0.4, 0.5) is 5.82 Å². The number of rotatable bonds is 7. The molecule has 8 nitrogen and oxygen atoms in total. The van der Waals surface area contributed by atoms with E-state index >= 15 is 0 Å². The average Bonchev–Trinajstić information content (AvgIpc) is 3.36. The summed E-state index contributed by atoms with van der Waals surface area (Å²) in [7, 11) is 0. The van der Waals surface area contributed by atoms with E-state index in [4.69, 9.17) is 10.5 Å². The van der Waals surface area contributed by atoms with E-state index in [0.29, 0.717) is 5.56 Å². The Hall–Kier alpha value is -3.46. The summed E-state index contributed by atoms with van der Waals surface area (Å²) < 4.78 is 5.43. The SMILES string of the molecule is NC(=O)c1cc(-c2ccnc(C=Cc3ccc(CN4CCOCC4)cc3)c2)[nH]c1N1CCNCC1. The first-order valence-electron chi connectivity index (χ1n) is 12.2. The maximum Gasteiger partial charge on any atom is 0.252 e. The maximum atomic E-state index is 12.1. The number of aromatic amines is 1. The van der Waals surface area contributed by atoms with Gasteiger partial charge in [-0.15, -0.1) is 0 Å². The number of hydrogen-bond donors (Lipinski definition) is 3. The van der Waals surface area contributed by atoms with Crippen LogP contribution in [-0.2, 0) is 11.3 Å². The van der Waals surface area contributed by atoms with Crippen molar-refractivity contribution in [3.05, 3.63) is 71.0 Å². The highest BCUT2D eigenvalue weighted by Crippen LogP contribution is 2.28. The molecule has 4 N–H and O–H groups in total. The molecule has 1 aromatic carbocycles. The fourth-order valence-electron chi connectivity index (χ4n) is 4.57. The summed E-state index contributed by atoms with van der Waals surface area (Å²) in [6.07, 6.45) is 5.87. The van der Waals surface area contributed by atoms with Crippen LogP contribution in [0.25, 0.3) is 23.4 Å². The molecule has 2 fully saturated rings. The number of aromatic nitrogens is 2. The second-order valence-corrected chi connectivity index (χ2v) is 8.98. The average molecular weight is 473 g/mol. The Morgan fingerprint density at radius 1 is 1.03 bits per heavy atom. The van der Waals surface area contributed by atoms with E-state index in [-0.39, 0.29) is 0 Å². The number of carbonyl (C=O) groups excluding carboxylic acids is 1. The predicted octanol–water partition coefficient (Wildman–Crippen LogP) is 2.59. The summed E-state index contributed by atoms with van der Waals surface area (Å²) in [5, 5.41) is 3.33. The second-order valence-electron chi connectivity index (χ2n) is 8.98. The number of amides is 1. The molecular formula is C27H32N6O2. The lowest BCUT2D eigenvalue weighted by Gasteiger charge is -2.28. The summed E-state index contributed by atoms with van der Waals surface area (Å²) in [6, 6.07) is 14.4. The molecule has 0 saturated carbocycles. The van der Waals surface area contributed by atoms with Gasteiger partial charge in [-0.25, -0.2) is 0 Å². The molecule has 0 aliphatic carbocycles. The zero-order valence-corrected chi connectivity index (χ0v) is 19.9. The second kappa shape index (κ2) is 10.9. The van der Waals surface area contributed by atoms with Gasteiger partial charge in [-0.2, -0.15) is 0 Å². The van der Waals surface area contributed by atoms with Crippen LogP contribution >= 0.6 is 0 Å². The van der Waals surface area contributed by atoms with Crippen molar-refractivity contribution in [3.63, 3.8) is 0 Å². The van der Waals surface area contributed by atoms with E-state index < -0.39 is 5.91 Å². The van der Waals surface area contributed by atoms with Gasteiger partial charge in [-0.05, 0) is 35.4 Å². The highest BCUT2D eigenvalue weighted by atomic mass is 16.5. The summed E-state index contributed by atoms with van der Waals surface area (Å²) in [4.78, 5) is 24.6. The van der Waals surface area contributed by atoms with Crippen molar-refractivity contribution in [3.8, 4) is 11.3 Å². The maximum absolute atomic E-state index is 12.1. The summed E-state index contributed by atoms with van der Waals surface area (Å²) >= 11 is 0. The van der Waals surface area contributed by atoms with Crippen LogP contribution in [0.3, 0.4) is 0 Å². The van der Waals surface area contributed by atoms with Crippen LogP contribution in [0.5, 0.6) is 0 Å². The summed E-state index contributed by atoms with van der Waals surface area (Å²) in [6.45, 7) is 7.98. The first-order valence-corrected chi connectivity index (χ1v) is 12.2. The number of morpholine rings is 1. The molecule has 35 heavy (non-hydrogen) atoms. The molecule has 0 bridgehead atoms. The van der Waals surface area contributed by atoms with Crippen LogP contribution in [0, 0.1) is 0 Å². The molecule has 4 heterocycles. The molecule has 1 amide bonds. The molecule has 0 atom stereocenters. The fourth-order valence-corrected chi connectivity index (χ4v) is 4.57. The summed E-state index contributed by atoms with van der Waals surface area (Å²) in [5.41, 5.74) is 11.3. The smallest absolute Gasteiger partial charge is 0.252 e. The monoisotopic (exact) mass is 472 g/mol. The Morgan fingerprint density at radius 2 is 1.80 bits per heavy atom. The zero-order valence-electron chi connectivity index (χ0n) is 19.9. The minimum atomic E-state index is -0.424. The molecule has 0 radical (unpaired) electrons. The molecule has 2 aliphatic heterocycles. The molecule has 182 valence electrons. The topological polar surface area (TPSA) is 99.5 Å². The number of ether oxygens (including phenoxy) is 1. The number of nitrogens with two attached hydrogens (primary N) is 1. The van der Waals surface area contributed by atoms with E-state index in [1.165, 1.54) is 5.56 Å². The highest BCUT2D eigenvalue weighted by molar-refractivity contribution is 5.99. The van der Waals surface area contributed by atoms with Gasteiger partial charge in [0.2, 0.25) is 0 Å². The van der Waals surface area contributed by atoms with Gasteiger partial charge in [0.25, 0.3) is 5.91 Å². The molecule has 2 aromatic heterocycles. The first kappa shape index (κ1) is 23.3. The van der Waals surface area contributed by atoms with Crippen molar-refractivity contribution in [1.29, 1.82) is 0 Å². The van der Waals surface area contributed by atoms with Crippen molar-refractivity contribution in [2.75, 3.05) is 57.4 Å². The van der Waals surface area contributed by atoms with Crippen molar-refractivity contribution >= 4 is 23.9 Å². The Morgan fingerprint density at radius 3 is 2.54 bits per heavy atom. The normalized spacial score (nSPS) is 17.2. The third kappa shape index (κ3) is 5.79. The lowest BCUT2D eigenvalue weighted by atomic mass is 10.1.